The number of benzene rings is 2. The van der Waals surface area contributed by atoms with Gasteiger partial charge in [-0.25, -0.2) is 0 Å². The van der Waals surface area contributed by atoms with E-state index in [0.717, 1.165) is 79.1 Å². The summed E-state index contributed by atoms with van der Waals surface area (Å²) < 4.78 is 45.4. The molecule has 3 fully saturated rings. The fraction of sp³-hybridized carbons (Fsp3) is 0.575. The predicted octanol–water partition coefficient (Wildman–Crippen LogP) is 4.68. The second-order valence-electron chi connectivity index (χ2n) is 12.6. The van der Waals surface area contributed by atoms with Crippen molar-refractivity contribution in [3.63, 3.8) is 0 Å². The zero-order valence-corrected chi connectivity index (χ0v) is 30.1. The number of carbonyl (C=O) groups excluding carboxylic acids is 1. The van der Waals surface area contributed by atoms with Crippen LogP contribution in [0.2, 0.25) is 0 Å². The minimum atomic E-state index is 0.134. The molecule has 3 aliphatic rings. The molecule has 1 saturated carbocycles. The lowest BCUT2D eigenvalue weighted by Crippen LogP contribution is -2.31. The molecule has 0 unspecified atom stereocenters. The maximum absolute atomic E-state index is 13.6. The molecule has 2 heterocycles. The van der Waals surface area contributed by atoms with Crippen LogP contribution >= 0.6 is 0 Å². The standard InChI is InChI=1S/C40H56N2O9/c43-40-36(32-34-4-8-38(9-5-34)41-12-16-44-20-24-48-28-29-49-25-21-45-17-13-41)2-1-3-37(40)33-35-6-10-39(11-7-35)42-14-18-46-22-26-50-30-31-51-27-23-47-19-15-42/h4-11,32-33H,1-3,12-31H2/b36-32+,37-33+. The van der Waals surface area contributed by atoms with Crippen LogP contribution in [0.5, 0.6) is 0 Å². The fourth-order valence-electron chi connectivity index (χ4n) is 6.11. The minimum absolute atomic E-state index is 0.134. The zero-order valence-electron chi connectivity index (χ0n) is 30.1. The van der Waals surface area contributed by atoms with Gasteiger partial charge in [0.25, 0.3) is 0 Å². The van der Waals surface area contributed by atoms with E-state index in [-0.39, 0.29) is 5.78 Å². The highest BCUT2D eigenvalue weighted by atomic mass is 16.6. The van der Waals surface area contributed by atoms with Crippen LogP contribution in [0.15, 0.2) is 59.7 Å². The number of hydrogen-bond acceptors (Lipinski definition) is 11. The van der Waals surface area contributed by atoms with Crippen LogP contribution in [0, 0.1) is 0 Å². The van der Waals surface area contributed by atoms with Crippen molar-refractivity contribution in [2.45, 2.75) is 19.3 Å². The average Bonchev–Trinajstić information content (AvgIpc) is 3.17. The summed E-state index contributed by atoms with van der Waals surface area (Å²) >= 11 is 0. The van der Waals surface area contributed by atoms with Crippen molar-refractivity contribution in [1.29, 1.82) is 0 Å². The second-order valence-corrected chi connectivity index (χ2v) is 12.6. The van der Waals surface area contributed by atoms with Crippen molar-refractivity contribution in [1.82, 2.24) is 0 Å². The quantitative estimate of drug-likeness (QED) is 0.415. The monoisotopic (exact) mass is 708 g/mol. The van der Waals surface area contributed by atoms with Crippen LogP contribution in [0.1, 0.15) is 30.4 Å². The van der Waals surface area contributed by atoms with Gasteiger partial charge in [0.15, 0.2) is 5.78 Å². The van der Waals surface area contributed by atoms with E-state index < -0.39 is 0 Å². The Labute approximate surface area is 303 Å². The molecule has 2 aromatic rings. The number of nitrogens with zero attached hydrogens (tertiary/aromatic N) is 2. The first-order valence-electron chi connectivity index (χ1n) is 18.5. The summed E-state index contributed by atoms with van der Waals surface area (Å²) in [5.41, 5.74) is 5.95. The van der Waals surface area contributed by atoms with Gasteiger partial charge >= 0.3 is 0 Å². The van der Waals surface area contributed by atoms with Crippen LogP contribution < -0.4 is 9.80 Å². The molecule has 51 heavy (non-hydrogen) atoms. The molecule has 280 valence electrons. The summed E-state index contributed by atoms with van der Waals surface area (Å²) in [5.74, 6) is 0.134. The Morgan fingerprint density at radius 2 is 0.667 bits per heavy atom. The molecule has 2 aliphatic heterocycles. The highest BCUT2D eigenvalue weighted by molar-refractivity contribution is 6.14. The first-order chi connectivity index (χ1) is 25.3. The van der Waals surface area contributed by atoms with E-state index in [1.165, 1.54) is 0 Å². The minimum Gasteiger partial charge on any atom is -0.377 e. The lowest BCUT2D eigenvalue weighted by atomic mass is 9.87. The Morgan fingerprint density at radius 1 is 0.392 bits per heavy atom. The van der Waals surface area contributed by atoms with E-state index in [9.17, 15) is 4.79 Å². The highest BCUT2D eigenvalue weighted by Gasteiger charge is 2.21. The number of rotatable bonds is 4. The SMILES string of the molecule is O=C1/C(=C/c2ccc(N3CCOCCOCCOCCOCC3)cc2)CCC/C1=C\c1ccc(N2CCOCCOCCOCCOCC2)cc1. The molecule has 0 atom stereocenters. The molecule has 0 N–H and O–H groups in total. The first-order valence-corrected chi connectivity index (χ1v) is 18.5. The second kappa shape index (κ2) is 23.4. The molecule has 2 saturated heterocycles. The van der Waals surface area contributed by atoms with Crippen molar-refractivity contribution >= 4 is 29.3 Å². The van der Waals surface area contributed by atoms with Gasteiger partial charge in [0.1, 0.15) is 0 Å². The summed E-state index contributed by atoms with van der Waals surface area (Å²) in [7, 11) is 0. The van der Waals surface area contributed by atoms with E-state index in [1.54, 1.807) is 0 Å². The van der Waals surface area contributed by atoms with Crippen molar-refractivity contribution in [2.75, 3.05) is 142 Å². The molecule has 0 aromatic heterocycles. The molecular weight excluding hydrogens is 652 g/mol. The number of Topliss-reactive ketones (excluding diaryl/α,β-unsaturated/α-hetero) is 1. The Balaban J connectivity index is 1.17. The van der Waals surface area contributed by atoms with Gasteiger partial charge in [-0.05, 0) is 66.8 Å². The number of ether oxygens (including phenoxy) is 8. The molecule has 5 rings (SSSR count). The normalized spacial score (nSPS) is 22.9. The van der Waals surface area contributed by atoms with Crippen LogP contribution in [-0.2, 0) is 42.7 Å². The van der Waals surface area contributed by atoms with E-state index in [1.807, 2.05) is 12.2 Å². The Morgan fingerprint density at radius 3 is 0.961 bits per heavy atom. The molecule has 11 heteroatoms. The van der Waals surface area contributed by atoms with Gasteiger partial charge in [-0.15, -0.1) is 0 Å². The lowest BCUT2D eigenvalue weighted by molar-refractivity contribution is -0.112. The Bertz CT molecular complexity index is 1200. The van der Waals surface area contributed by atoms with Gasteiger partial charge in [0, 0.05) is 48.7 Å². The van der Waals surface area contributed by atoms with Gasteiger partial charge in [-0.1, -0.05) is 24.3 Å². The molecule has 0 amide bonds. The van der Waals surface area contributed by atoms with Crippen molar-refractivity contribution in [3.05, 3.63) is 70.8 Å². The molecule has 0 spiro atoms. The van der Waals surface area contributed by atoms with Crippen molar-refractivity contribution < 1.29 is 42.7 Å². The first kappa shape index (κ1) is 39.1. The van der Waals surface area contributed by atoms with Crippen molar-refractivity contribution in [3.8, 4) is 0 Å². The summed E-state index contributed by atoms with van der Waals surface area (Å²) in [6, 6.07) is 16.8. The maximum atomic E-state index is 13.6. The topological polar surface area (TPSA) is 97.4 Å². The van der Waals surface area contributed by atoms with E-state index in [4.69, 9.17) is 37.9 Å². The van der Waals surface area contributed by atoms with E-state index in [0.29, 0.717) is 106 Å². The number of carbonyl (C=O) groups is 1. The molecule has 2 aromatic carbocycles. The third kappa shape index (κ3) is 14.4. The summed E-state index contributed by atoms with van der Waals surface area (Å²) in [6.07, 6.45) is 6.61. The molecule has 11 nitrogen and oxygen atoms in total. The van der Waals surface area contributed by atoms with Crippen LogP contribution in [0.3, 0.4) is 0 Å². The smallest absolute Gasteiger partial charge is 0.185 e. The third-order valence-electron chi connectivity index (χ3n) is 8.93. The van der Waals surface area contributed by atoms with Gasteiger partial charge in [0.2, 0.25) is 0 Å². The van der Waals surface area contributed by atoms with Gasteiger partial charge in [-0.3, -0.25) is 4.79 Å². The summed E-state index contributed by atoms with van der Waals surface area (Å²) in [5, 5.41) is 0. The third-order valence-corrected chi connectivity index (χ3v) is 8.93. The lowest BCUT2D eigenvalue weighted by Gasteiger charge is -2.25. The van der Waals surface area contributed by atoms with Crippen LogP contribution in [0.25, 0.3) is 12.2 Å². The van der Waals surface area contributed by atoms with E-state index >= 15 is 0 Å². The molecular formula is C40H56N2O9. The molecule has 1 aliphatic carbocycles. The molecule has 0 bridgehead atoms. The number of anilines is 2. The molecule has 0 radical (unpaired) electrons. The maximum Gasteiger partial charge on any atom is 0.185 e. The number of allylic oxidation sites excluding steroid dienone is 2. The number of hydrogen-bond donors (Lipinski definition) is 0. The zero-order chi connectivity index (χ0) is 35.2. The van der Waals surface area contributed by atoms with Crippen LogP contribution in [-0.4, -0.2) is 138 Å². The average molecular weight is 709 g/mol. The summed E-state index contributed by atoms with van der Waals surface area (Å²) in [4.78, 5) is 18.2. The fourth-order valence-corrected chi connectivity index (χ4v) is 6.11. The van der Waals surface area contributed by atoms with E-state index in [2.05, 4.69) is 58.3 Å². The Kier molecular flexibility index (Phi) is 18.0. The van der Waals surface area contributed by atoms with Gasteiger partial charge in [0.05, 0.1) is 106 Å². The predicted molar refractivity (Wildman–Crippen MR) is 199 cm³/mol. The van der Waals surface area contributed by atoms with Crippen molar-refractivity contribution in [2.24, 2.45) is 0 Å². The Hall–Kier alpha value is -3.13. The van der Waals surface area contributed by atoms with Crippen LogP contribution in [0.4, 0.5) is 11.4 Å². The largest absolute Gasteiger partial charge is 0.377 e. The summed E-state index contributed by atoms with van der Waals surface area (Å²) in [6.45, 7) is 12.2. The van der Waals surface area contributed by atoms with Gasteiger partial charge in [-0.2, -0.15) is 0 Å². The van der Waals surface area contributed by atoms with Gasteiger partial charge < -0.3 is 47.7 Å². The number of ketones is 1. The highest BCUT2D eigenvalue weighted by Crippen LogP contribution is 2.29.